The van der Waals surface area contributed by atoms with Gasteiger partial charge in [0, 0.05) is 5.56 Å². The third-order valence-corrected chi connectivity index (χ3v) is 3.44. The van der Waals surface area contributed by atoms with E-state index in [1.807, 2.05) is 0 Å². The van der Waals surface area contributed by atoms with Gasteiger partial charge in [0.05, 0.1) is 10.4 Å². The molecule has 0 fully saturated rings. The molecule has 7 heteroatoms. The first-order valence-electron chi connectivity index (χ1n) is 4.78. The molecule has 1 atom stereocenters. The summed E-state index contributed by atoms with van der Waals surface area (Å²) in [6, 6.07) is 2.35. The highest BCUT2D eigenvalue weighted by molar-refractivity contribution is 9.09. The predicted octanol–water partition coefficient (Wildman–Crippen LogP) is 4.67. The van der Waals surface area contributed by atoms with E-state index in [1.165, 1.54) is 6.92 Å². The van der Waals surface area contributed by atoms with Crippen LogP contribution in [0.15, 0.2) is 18.2 Å². The van der Waals surface area contributed by atoms with Gasteiger partial charge in [-0.25, -0.2) is 8.78 Å². The molecule has 0 radical (unpaired) electrons. The number of hydrogen-bond donors (Lipinski definition) is 0. The lowest BCUT2D eigenvalue weighted by atomic mass is 10.0. The predicted molar refractivity (Wildman–Crippen MR) is 58.8 cm³/mol. The van der Waals surface area contributed by atoms with Crippen molar-refractivity contribution in [2.75, 3.05) is 0 Å². The molecule has 1 nitrogen and oxygen atoms in total. The average Bonchev–Trinajstić information content (AvgIpc) is 2.25. The van der Waals surface area contributed by atoms with Crippen LogP contribution in [0.4, 0.5) is 22.0 Å². The summed E-state index contributed by atoms with van der Waals surface area (Å²) < 4.78 is 62.8. The van der Waals surface area contributed by atoms with E-state index >= 15 is 0 Å². The molecule has 0 heterocycles. The van der Waals surface area contributed by atoms with Crippen molar-refractivity contribution in [2.24, 2.45) is 0 Å². The molecule has 0 bridgehead atoms. The Labute approximate surface area is 108 Å². The second kappa shape index (κ2) is 5.34. The third kappa shape index (κ3) is 3.28. The number of halogens is 6. The number of carbonyl (C=O) groups is 1. The molecule has 0 aliphatic carbocycles. The van der Waals surface area contributed by atoms with Crippen LogP contribution in [0, 0.1) is 0 Å². The lowest BCUT2D eigenvalue weighted by Crippen LogP contribution is -2.12. The smallest absolute Gasteiger partial charge is 0.298 e. The summed E-state index contributed by atoms with van der Waals surface area (Å²) in [5.41, 5.74) is -2.51. The van der Waals surface area contributed by atoms with Crippen LogP contribution in [-0.4, -0.2) is 5.78 Å². The summed E-state index contributed by atoms with van der Waals surface area (Å²) in [7, 11) is 0. The Morgan fingerprint density at radius 1 is 1.28 bits per heavy atom. The van der Waals surface area contributed by atoms with Gasteiger partial charge in [0.1, 0.15) is 5.78 Å². The minimum Gasteiger partial charge on any atom is -0.298 e. The maximum absolute atomic E-state index is 12.6. The normalized spacial score (nSPS) is 13.8. The molecule has 1 aromatic rings. The summed E-state index contributed by atoms with van der Waals surface area (Å²) >= 11 is 2.91. The van der Waals surface area contributed by atoms with Crippen LogP contribution in [0.1, 0.15) is 34.9 Å². The average molecular weight is 331 g/mol. The molecule has 0 saturated carbocycles. The van der Waals surface area contributed by atoms with E-state index < -0.39 is 34.3 Å². The number of ketones is 1. The second-order valence-corrected chi connectivity index (χ2v) is 4.53. The van der Waals surface area contributed by atoms with Crippen molar-refractivity contribution >= 4 is 21.7 Å². The van der Waals surface area contributed by atoms with E-state index in [0.29, 0.717) is 12.1 Å². The number of Topliss-reactive ketones (excluding diaryl/α,β-unsaturated/α-hetero) is 1. The number of rotatable bonds is 3. The van der Waals surface area contributed by atoms with Gasteiger partial charge in [-0.15, -0.1) is 0 Å². The summed E-state index contributed by atoms with van der Waals surface area (Å²) in [6.45, 7) is 1.19. The zero-order valence-electron chi connectivity index (χ0n) is 9.06. The van der Waals surface area contributed by atoms with Gasteiger partial charge in [-0.05, 0) is 18.6 Å². The maximum Gasteiger partial charge on any atom is 0.416 e. The van der Waals surface area contributed by atoms with E-state index in [9.17, 15) is 26.7 Å². The molecular formula is C11H8BrF5O. The molecule has 0 amide bonds. The standard InChI is InChI=1S/C11H8BrF5O/c1-5(18)9(12)6-2-3-7(10(13)14)8(4-6)11(15,16)17/h2-4,9-10H,1H3. The maximum atomic E-state index is 12.6. The van der Waals surface area contributed by atoms with Crippen molar-refractivity contribution in [1.29, 1.82) is 0 Å². The van der Waals surface area contributed by atoms with Gasteiger partial charge in [0.25, 0.3) is 6.43 Å². The van der Waals surface area contributed by atoms with Crippen LogP contribution >= 0.6 is 15.9 Å². The molecule has 0 N–H and O–H groups in total. The van der Waals surface area contributed by atoms with Gasteiger partial charge in [-0.2, -0.15) is 13.2 Å². The summed E-state index contributed by atoms with van der Waals surface area (Å²) in [6.07, 6.45) is -8.10. The van der Waals surface area contributed by atoms with Gasteiger partial charge in [-0.1, -0.05) is 28.1 Å². The van der Waals surface area contributed by atoms with Gasteiger partial charge in [-0.3, -0.25) is 4.79 Å². The highest BCUT2D eigenvalue weighted by Crippen LogP contribution is 2.38. The Balaban J connectivity index is 3.35. The van der Waals surface area contributed by atoms with Crippen LogP contribution in [0.3, 0.4) is 0 Å². The Morgan fingerprint density at radius 3 is 2.22 bits per heavy atom. The first-order valence-corrected chi connectivity index (χ1v) is 5.70. The number of hydrogen-bond acceptors (Lipinski definition) is 1. The van der Waals surface area contributed by atoms with E-state index in [1.54, 1.807) is 0 Å². The number of benzene rings is 1. The number of alkyl halides is 6. The molecule has 0 spiro atoms. The van der Waals surface area contributed by atoms with Crippen LogP contribution < -0.4 is 0 Å². The molecule has 0 aliphatic heterocycles. The van der Waals surface area contributed by atoms with Crippen molar-refractivity contribution < 1.29 is 26.7 Å². The van der Waals surface area contributed by atoms with E-state index in [4.69, 9.17) is 0 Å². The summed E-state index contributed by atoms with van der Waals surface area (Å²) in [4.78, 5) is 10.1. The molecule has 0 aliphatic rings. The quantitative estimate of drug-likeness (QED) is 0.581. The van der Waals surface area contributed by atoms with Gasteiger partial charge < -0.3 is 0 Å². The molecule has 1 unspecified atom stereocenters. The van der Waals surface area contributed by atoms with Gasteiger partial charge >= 0.3 is 6.18 Å². The lowest BCUT2D eigenvalue weighted by molar-refractivity contribution is -0.139. The van der Waals surface area contributed by atoms with E-state index in [-0.39, 0.29) is 5.56 Å². The molecule has 18 heavy (non-hydrogen) atoms. The molecule has 0 aromatic heterocycles. The van der Waals surface area contributed by atoms with Crippen molar-refractivity contribution in [1.82, 2.24) is 0 Å². The Hall–Kier alpha value is -0.980. The third-order valence-electron chi connectivity index (χ3n) is 2.27. The summed E-state index contributed by atoms with van der Waals surface area (Å²) in [5, 5.41) is 0. The van der Waals surface area contributed by atoms with Crippen molar-refractivity contribution in [2.45, 2.75) is 24.4 Å². The minimum absolute atomic E-state index is 0.000718. The van der Waals surface area contributed by atoms with Crippen molar-refractivity contribution in [3.8, 4) is 0 Å². The van der Waals surface area contributed by atoms with E-state index in [2.05, 4.69) is 15.9 Å². The summed E-state index contributed by atoms with van der Waals surface area (Å²) in [5.74, 6) is -0.409. The van der Waals surface area contributed by atoms with Gasteiger partial charge in [0.15, 0.2) is 0 Å². The monoisotopic (exact) mass is 330 g/mol. The topological polar surface area (TPSA) is 17.1 Å². The van der Waals surface area contributed by atoms with Crippen molar-refractivity contribution in [3.05, 3.63) is 34.9 Å². The first-order chi connectivity index (χ1) is 8.14. The van der Waals surface area contributed by atoms with Crippen LogP contribution in [0.5, 0.6) is 0 Å². The van der Waals surface area contributed by atoms with Crippen molar-refractivity contribution in [3.63, 3.8) is 0 Å². The SMILES string of the molecule is CC(=O)C(Br)c1ccc(C(F)F)c(C(F)(F)F)c1. The van der Waals surface area contributed by atoms with E-state index in [0.717, 1.165) is 6.07 Å². The molecule has 1 aromatic carbocycles. The molecular weight excluding hydrogens is 323 g/mol. The number of carbonyl (C=O) groups excluding carboxylic acids is 1. The highest BCUT2D eigenvalue weighted by Gasteiger charge is 2.36. The fraction of sp³-hybridized carbons (Fsp3) is 0.364. The fourth-order valence-electron chi connectivity index (χ4n) is 1.40. The Kier molecular flexibility index (Phi) is 4.47. The van der Waals surface area contributed by atoms with Crippen LogP contribution in [0.2, 0.25) is 0 Å². The zero-order valence-corrected chi connectivity index (χ0v) is 10.6. The minimum atomic E-state index is -4.88. The molecule has 1 rings (SSSR count). The van der Waals surface area contributed by atoms with Crippen LogP contribution in [-0.2, 0) is 11.0 Å². The lowest BCUT2D eigenvalue weighted by Gasteiger charge is -2.15. The van der Waals surface area contributed by atoms with Crippen LogP contribution in [0.25, 0.3) is 0 Å². The largest absolute Gasteiger partial charge is 0.416 e. The zero-order chi connectivity index (χ0) is 14.1. The Morgan fingerprint density at radius 2 is 1.83 bits per heavy atom. The Bertz CT molecular complexity index is 455. The highest BCUT2D eigenvalue weighted by atomic mass is 79.9. The second-order valence-electron chi connectivity index (χ2n) is 3.62. The first kappa shape index (κ1) is 15.1. The molecule has 0 saturated heterocycles. The molecule has 100 valence electrons. The van der Waals surface area contributed by atoms with Gasteiger partial charge in [0.2, 0.25) is 0 Å². The fourth-order valence-corrected chi connectivity index (χ4v) is 1.69.